The second-order valence-corrected chi connectivity index (χ2v) is 4.43. The maximum Gasteiger partial charge on any atom is 0.209 e. The lowest BCUT2D eigenvalue weighted by molar-refractivity contribution is 0.0767. The van der Waals surface area contributed by atoms with Gasteiger partial charge in [-0.05, 0) is 19.4 Å². The Balaban J connectivity index is 2.31. The Bertz CT molecular complexity index is 581. The molecule has 0 unspecified atom stereocenters. The standard InChI is InChI=1S/C15H17FN2O2/c1-3-20-10-14(19)15-13(16)9-17-18(15)11(2)12-7-5-4-6-8-12/h4-9,11H,3,10H2,1-2H3/t11-/m1/s1. The second kappa shape index (κ2) is 6.43. The SMILES string of the molecule is CCOCC(=O)c1c(F)cnn1[C@H](C)c1ccccc1. The highest BCUT2D eigenvalue weighted by Crippen LogP contribution is 2.20. The molecule has 0 saturated carbocycles. The van der Waals surface area contributed by atoms with Gasteiger partial charge in [0.25, 0.3) is 0 Å². The summed E-state index contributed by atoms with van der Waals surface area (Å²) in [5, 5.41) is 3.99. The molecule has 2 rings (SSSR count). The third-order valence-electron chi connectivity index (χ3n) is 3.10. The molecule has 106 valence electrons. The van der Waals surface area contributed by atoms with E-state index in [1.807, 2.05) is 37.3 Å². The predicted molar refractivity (Wildman–Crippen MR) is 73.3 cm³/mol. The normalized spacial score (nSPS) is 12.3. The van der Waals surface area contributed by atoms with E-state index < -0.39 is 11.6 Å². The van der Waals surface area contributed by atoms with Gasteiger partial charge in [0.05, 0.1) is 12.2 Å². The molecule has 0 radical (unpaired) electrons. The molecule has 1 aromatic heterocycles. The fourth-order valence-electron chi connectivity index (χ4n) is 2.03. The largest absolute Gasteiger partial charge is 0.374 e. The zero-order valence-electron chi connectivity index (χ0n) is 11.5. The Kier molecular flexibility index (Phi) is 4.63. The van der Waals surface area contributed by atoms with E-state index in [1.165, 1.54) is 4.68 Å². The number of nitrogens with zero attached hydrogens (tertiary/aromatic N) is 2. The summed E-state index contributed by atoms with van der Waals surface area (Å²) in [5.74, 6) is -1.01. The van der Waals surface area contributed by atoms with Gasteiger partial charge in [0.1, 0.15) is 12.3 Å². The van der Waals surface area contributed by atoms with Crippen LogP contribution in [-0.2, 0) is 4.74 Å². The minimum absolute atomic E-state index is 0.0326. The van der Waals surface area contributed by atoms with Gasteiger partial charge in [-0.3, -0.25) is 9.48 Å². The second-order valence-electron chi connectivity index (χ2n) is 4.43. The molecule has 1 heterocycles. The number of Topliss-reactive ketones (excluding diaryl/α,β-unsaturated/α-hetero) is 1. The molecule has 0 fully saturated rings. The first-order valence-electron chi connectivity index (χ1n) is 6.54. The highest BCUT2D eigenvalue weighted by atomic mass is 19.1. The van der Waals surface area contributed by atoms with Crippen molar-refractivity contribution in [2.24, 2.45) is 0 Å². The molecule has 0 bridgehead atoms. The Labute approximate surface area is 117 Å². The Morgan fingerprint density at radius 3 is 2.75 bits per heavy atom. The van der Waals surface area contributed by atoms with E-state index in [2.05, 4.69) is 5.10 Å². The summed E-state index contributed by atoms with van der Waals surface area (Å²) >= 11 is 0. The average Bonchev–Trinajstić information content (AvgIpc) is 2.86. The molecular weight excluding hydrogens is 259 g/mol. The van der Waals surface area contributed by atoms with Gasteiger partial charge in [0.2, 0.25) is 5.78 Å². The molecule has 1 atom stereocenters. The molecule has 0 aliphatic rings. The van der Waals surface area contributed by atoms with Gasteiger partial charge in [0.15, 0.2) is 5.82 Å². The summed E-state index contributed by atoms with van der Waals surface area (Å²) in [7, 11) is 0. The van der Waals surface area contributed by atoms with Crippen LogP contribution in [0.25, 0.3) is 0 Å². The third kappa shape index (κ3) is 2.93. The van der Waals surface area contributed by atoms with Crippen LogP contribution >= 0.6 is 0 Å². The van der Waals surface area contributed by atoms with Gasteiger partial charge in [0, 0.05) is 6.61 Å². The highest BCUT2D eigenvalue weighted by Gasteiger charge is 2.22. The van der Waals surface area contributed by atoms with Crippen LogP contribution in [0, 0.1) is 5.82 Å². The molecule has 1 aromatic carbocycles. The van der Waals surface area contributed by atoms with Crippen LogP contribution in [0.3, 0.4) is 0 Å². The van der Waals surface area contributed by atoms with Gasteiger partial charge in [-0.1, -0.05) is 30.3 Å². The van der Waals surface area contributed by atoms with Crippen LogP contribution in [0.15, 0.2) is 36.5 Å². The van der Waals surface area contributed by atoms with Crippen molar-refractivity contribution in [1.29, 1.82) is 0 Å². The molecule has 0 aliphatic carbocycles. The molecule has 0 spiro atoms. The molecule has 2 aromatic rings. The Hall–Kier alpha value is -2.01. The maximum atomic E-state index is 13.8. The predicted octanol–water partition coefficient (Wildman–Crippen LogP) is 2.85. The van der Waals surface area contributed by atoms with E-state index in [0.717, 1.165) is 11.8 Å². The van der Waals surface area contributed by atoms with Crippen LogP contribution in [0.4, 0.5) is 4.39 Å². The van der Waals surface area contributed by atoms with Crippen LogP contribution in [0.2, 0.25) is 0 Å². The summed E-state index contributed by atoms with van der Waals surface area (Å²) in [6.07, 6.45) is 1.07. The van der Waals surface area contributed by atoms with E-state index in [0.29, 0.717) is 6.61 Å². The number of ketones is 1. The zero-order valence-corrected chi connectivity index (χ0v) is 11.5. The van der Waals surface area contributed by atoms with Crippen molar-refractivity contribution in [3.05, 3.63) is 53.6 Å². The fraction of sp³-hybridized carbons (Fsp3) is 0.333. The number of carbonyl (C=O) groups excluding carboxylic acids is 1. The van der Waals surface area contributed by atoms with Gasteiger partial charge >= 0.3 is 0 Å². The number of ether oxygens (including phenoxy) is 1. The number of halogens is 1. The van der Waals surface area contributed by atoms with E-state index >= 15 is 0 Å². The molecule has 0 saturated heterocycles. The molecule has 0 amide bonds. The van der Waals surface area contributed by atoms with E-state index in [1.54, 1.807) is 6.92 Å². The lowest BCUT2D eigenvalue weighted by atomic mass is 10.1. The van der Waals surface area contributed by atoms with Crippen molar-refractivity contribution < 1.29 is 13.9 Å². The smallest absolute Gasteiger partial charge is 0.209 e. The highest BCUT2D eigenvalue weighted by molar-refractivity contribution is 5.95. The molecular formula is C15H17FN2O2. The summed E-state index contributed by atoms with van der Waals surface area (Å²) in [5.41, 5.74) is 0.927. The Morgan fingerprint density at radius 2 is 2.10 bits per heavy atom. The maximum absolute atomic E-state index is 13.8. The van der Waals surface area contributed by atoms with Crippen molar-refractivity contribution in [3.63, 3.8) is 0 Å². The van der Waals surface area contributed by atoms with E-state index in [-0.39, 0.29) is 18.3 Å². The fourth-order valence-corrected chi connectivity index (χ4v) is 2.03. The number of aromatic nitrogens is 2. The van der Waals surface area contributed by atoms with E-state index in [4.69, 9.17) is 4.74 Å². The molecule has 0 aliphatic heterocycles. The number of hydrogen-bond donors (Lipinski definition) is 0. The minimum atomic E-state index is -0.613. The van der Waals surface area contributed by atoms with Crippen molar-refractivity contribution in [1.82, 2.24) is 9.78 Å². The van der Waals surface area contributed by atoms with E-state index in [9.17, 15) is 9.18 Å². The first kappa shape index (κ1) is 14.4. The minimum Gasteiger partial charge on any atom is -0.374 e. The van der Waals surface area contributed by atoms with Gasteiger partial charge in [-0.15, -0.1) is 0 Å². The van der Waals surface area contributed by atoms with Gasteiger partial charge in [-0.25, -0.2) is 4.39 Å². The van der Waals surface area contributed by atoms with Crippen LogP contribution < -0.4 is 0 Å². The molecule has 4 nitrogen and oxygen atoms in total. The monoisotopic (exact) mass is 276 g/mol. The summed E-state index contributed by atoms with van der Waals surface area (Å²) in [6, 6.07) is 9.31. The summed E-state index contributed by atoms with van der Waals surface area (Å²) in [4.78, 5) is 12.0. The molecule has 20 heavy (non-hydrogen) atoms. The van der Waals surface area contributed by atoms with Crippen LogP contribution in [0.1, 0.15) is 35.9 Å². The number of carbonyl (C=O) groups is 1. The van der Waals surface area contributed by atoms with Crippen molar-refractivity contribution in [2.45, 2.75) is 19.9 Å². The number of benzene rings is 1. The van der Waals surface area contributed by atoms with Crippen molar-refractivity contribution in [2.75, 3.05) is 13.2 Å². The Morgan fingerprint density at radius 1 is 1.40 bits per heavy atom. The summed E-state index contributed by atoms with van der Waals surface area (Å²) in [6.45, 7) is 3.93. The lowest BCUT2D eigenvalue weighted by Gasteiger charge is -2.15. The first-order chi connectivity index (χ1) is 9.65. The topological polar surface area (TPSA) is 44.1 Å². The van der Waals surface area contributed by atoms with Crippen molar-refractivity contribution >= 4 is 5.78 Å². The number of rotatable bonds is 6. The first-order valence-corrected chi connectivity index (χ1v) is 6.54. The average molecular weight is 276 g/mol. The van der Waals surface area contributed by atoms with Gasteiger partial charge < -0.3 is 4.74 Å². The zero-order chi connectivity index (χ0) is 14.5. The quantitative estimate of drug-likeness (QED) is 0.762. The van der Waals surface area contributed by atoms with Crippen molar-refractivity contribution in [3.8, 4) is 0 Å². The molecule has 0 N–H and O–H groups in total. The van der Waals surface area contributed by atoms with Crippen LogP contribution in [0.5, 0.6) is 0 Å². The number of hydrogen-bond acceptors (Lipinski definition) is 3. The molecule has 5 heteroatoms. The van der Waals surface area contributed by atoms with Crippen LogP contribution in [-0.4, -0.2) is 28.8 Å². The summed E-state index contributed by atoms with van der Waals surface area (Å²) < 4.78 is 20.3. The van der Waals surface area contributed by atoms with Gasteiger partial charge in [-0.2, -0.15) is 5.10 Å². The lowest BCUT2D eigenvalue weighted by Crippen LogP contribution is -2.19. The third-order valence-corrected chi connectivity index (χ3v) is 3.10.